The molecule has 0 aliphatic rings. The molecule has 0 radical (unpaired) electrons. The largest absolute Gasteiger partial charge is 0.495 e. The van der Waals surface area contributed by atoms with Gasteiger partial charge in [-0.2, -0.15) is 0 Å². The Morgan fingerprint density at radius 1 is 0.977 bits per heavy atom. The molecule has 0 aliphatic carbocycles. The molecule has 1 amide bonds. The second-order valence-corrected chi connectivity index (χ2v) is 12.6. The molecule has 1 heterocycles. The summed E-state index contributed by atoms with van der Waals surface area (Å²) in [7, 11) is -1.89. The summed E-state index contributed by atoms with van der Waals surface area (Å²) in [4.78, 5) is 19.5. The Kier molecular flexibility index (Phi) is 11.5. The Bertz CT molecular complexity index is 1630. The Morgan fingerprint density at radius 3 is 2.45 bits per heavy atom. The maximum absolute atomic E-state index is 12.7. The van der Waals surface area contributed by atoms with Crippen LogP contribution in [0.2, 0.25) is 0 Å². The zero-order valence-electron chi connectivity index (χ0n) is 25.5. The summed E-state index contributed by atoms with van der Waals surface area (Å²) in [5.74, 6) is 0.885. The molecule has 0 unspecified atom stereocenters. The SMILES string of the molecule is CCCN(CCN)CCCNC(=O)c1ccc(-c2cccc(-c3cnc(Nc4cc(S(=O)(=O)CC)ccc4OC)o3)c2)cc1. The van der Waals surface area contributed by atoms with Crippen LogP contribution in [0, 0.1) is 0 Å². The maximum atomic E-state index is 12.7. The van der Waals surface area contributed by atoms with E-state index < -0.39 is 9.84 Å². The molecule has 4 N–H and O–H groups in total. The van der Waals surface area contributed by atoms with E-state index in [4.69, 9.17) is 14.9 Å². The topological polar surface area (TPSA) is 140 Å². The molecular formula is C33H41N5O5S. The summed E-state index contributed by atoms with van der Waals surface area (Å²) in [6.45, 7) is 7.79. The van der Waals surface area contributed by atoms with Crippen LogP contribution in [0.5, 0.6) is 5.75 Å². The van der Waals surface area contributed by atoms with Crippen LogP contribution in [-0.2, 0) is 9.84 Å². The third kappa shape index (κ3) is 8.46. The third-order valence-corrected chi connectivity index (χ3v) is 8.94. The molecule has 0 bridgehead atoms. The molecule has 0 saturated carbocycles. The molecule has 1 aromatic heterocycles. The van der Waals surface area contributed by atoms with Gasteiger partial charge in [0.15, 0.2) is 15.6 Å². The smallest absolute Gasteiger partial charge is 0.299 e. The number of sulfone groups is 1. The molecular weight excluding hydrogens is 578 g/mol. The first kappa shape index (κ1) is 32.7. The Labute approximate surface area is 259 Å². The van der Waals surface area contributed by atoms with Crippen molar-refractivity contribution in [3.8, 4) is 28.2 Å². The van der Waals surface area contributed by atoms with Gasteiger partial charge in [0.05, 0.1) is 29.6 Å². The van der Waals surface area contributed by atoms with Gasteiger partial charge in [-0.3, -0.25) is 4.79 Å². The maximum Gasteiger partial charge on any atom is 0.299 e. The summed E-state index contributed by atoms with van der Waals surface area (Å²) in [5.41, 5.74) is 9.45. The van der Waals surface area contributed by atoms with E-state index in [1.165, 1.54) is 19.2 Å². The lowest BCUT2D eigenvalue weighted by Gasteiger charge is -2.20. The van der Waals surface area contributed by atoms with Crippen molar-refractivity contribution < 1.29 is 22.4 Å². The zero-order chi connectivity index (χ0) is 31.5. The molecule has 3 aromatic carbocycles. The Hall–Kier alpha value is -4.19. The number of nitrogens with one attached hydrogen (secondary N) is 2. The average molecular weight is 620 g/mol. The van der Waals surface area contributed by atoms with Crippen LogP contribution < -0.4 is 21.1 Å². The minimum atomic E-state index is -3.40. The fraction of sp³-hybridized carbons (Fsp3) is 0.333. The van der Waals surface area contributed by atoms with Gasteiger partial charge in [0.25, 0.3) is 11.9 Å². The molecule has 234 valence electrons. The number of oxazole rings is 1. The number of hydrogen-bond donors (Lipinski definition) is 3. The van der Waals surface area contributed by atoms with Crippen molar-refractivity contribution in [2.45, 2.75) is 31.6 Å². The lowest BCUT2D eigenvalue weighted by Crippen LogP contribution is -2.33. The van der Waals surface area contributed by atoms with E-state index in [1.54, 1.807) is 19.2 Å². The van der Waals surface area contributed by atoms with Crippen LogP contribution in [0.25, 0.3) is 22.5 Å². The standard InChI is InChI=1S/C33H41N5O5S/c1-4-18-38(20-16-34)19-7-17-35-32(39)25-12-10-24(11-13-25)26-8-6-9-27(21-26)31-23-36-33(43-31)37-29-22-28(44(40,41)5-2)14-15-30(29)42-3/h6,8-15,21-23H,4-5,7,16-20,34H2,1-3H3,(H,35,39)(H,36,37). The van der Waals surface area contributed by atoms with Crippen LogP contribution in [0.1, 0.15) is 37.0 Å². The van der Waals surface area contributed by atoms with E-state index in [2.05, 4.69) is 27.4 Å². The molecule has 4 rings (SSSR count). The summed E-state index contributed by atoms with van der Waals surface area (Å²) in [5, 5.41) is 6.04. The van der Waals surface area contributed by atoms with Gasteiger partial charge >= 0.3 is 0 Å². The molecule has 44 heavy (non-hydrogen) atoms. The number of benzene rings is 3. The predicted octanol–water partition coefficient (Wildman–Crippen LogP) is 5.35. The van der Waals surface area contributed by atoms with Crippen molar-refractivity contribution in [3.05, 3.63) is 78.5 Å². The molecule has 0 fully saturated rings. The zero-order valence-corrected chi connectivity index (χ0v) is 26.3. The first-order valence-corrected chi connectivity index (χ1v) is 16.5. The highest BCUT2D eigenvalue weighted by Crippen LogP contribution is 2.33. The lowest BCUT2D eigenvalue weighted by molar-refractivity contribution is 0.0951. The van der Waals surface area contributed by atoms with Crippen LogP contribution in [0.15, 0.2) is 82.2 Å². The van der Waals surface area contributed by atoms with Crippen LogP contribution in [0.4, 0.5) is 11.7 Å². The van der Waals surface area contributed by atoms with E-state index >= 15 is 0 Å². The molecule has 0 atom stereocenters. The van der Waals surface area contributed by atoms with Gasteiger partial charge in [0.1, 0.15) is 5.75 Å². The first-order chi connectivity index (χ1) is 21.3. The van der Waals surface area contributed by atoms with E-state index in [1.807, 2.05) is 48.5 Å². The molecule has 0 spiro atoms. The number of anilines is 2. The Morgan fingerprint density at radius 2 is 1.75 bits per heavy atom. The van der Waals surface area contributed by atoms with Crippen molar-refractivity contribution >= 4 is 27.4 Å². The fourth-order valence-corrected chi connectivity index (χ4v) is 5.74. The number of ether oxygens (including phenoxy) is 1. The normalized spacial score (nSPS) is 11.5. The molecule has 0 aliphatic heterocycles. The lowest BCUT2D eigenvalue weighted by atomic mass is 10.0. The van der Waals surface area contributed by atoms with Gasteiger partial charge in [-0.15, -0.1) is 0 Å². The van der Waals surface area contributed by atoms with E-state index in [-0.39, 0.29) is 22.6 Å². The van der Waals surface area contributed by atoms with Crippen molar-refractivity contribution in [1.82, 2.24) is 15.2 Å². The average Bonchev–Trinajstić information content (AvgIpc) is 3.52. The van der Waals surface area contributed by atoms with Crippen molar-refractivity contribution in [2.24, 2.45) is 5.73 Å². The van der Waals surface area contributed by atoms with Gasteiger partial charge in [-0.25, -0.2) is 13.4 Å². The number of amides is 1. The van der Waals surface area contributed by atoms with E-state index in [9.17, 15) is 13.2 Å². The minimum absolute atomic E-state index is 0.0116. The number of hydrogen-bond acceptors (Lipinski definition) is 9. The Balaban J connectivity index is 1.40. The molecule has 11 heteroatoms. The highest BCUT2D eigenvalue weighted by atomic mass is 32.2. The van der Waals surface area contributed by atoms with Gasteiger partial charge < -0.3 is 30.4 Å². The first-order valence-electron chi connectivity index (χ1n) is 14.8. The quantitative estimate of drug-likeness (QED) is 0.142. The number of rotatable bonds is 16. The highest BCUT2D eigenvalue weighted by molar-refractivity contribution is 7.91. The van der Waals surface area contributed by atoms with E-state index in [0.29, 0.717) is 35.9 Å². The number of methoxy groups -OCH3 is 1. The predicted molar refractivity (Wildman–Crippen MR) is 174 cm³/mol. The third-order valence-electron chi connectivity index (χ3n) is 7.21. The van der Waals surface area contributed by atoms with Gasteiger partial charge in [-0.05, 0) is 73.5 Å². The van der Waals surface area contributed by atoms with Crippen molar-refractivity contribution in [2.75, 3.05) is 50.9 Å². The van der Waals surface area contributed by atoms with E-state index in [0.717, 1.165) is 49.2 Å². The number of aromatic nitrogens is 1. The number of carbonyl (C=O) groups is 1. The van der Waals surface area contributed by atoms with Gasteiger partial charge in [0.2, 0.25) is 0 Å². The van der Waals surface area contributed by atoms with Gasteiger partial charge in [-0.1, -0.05) is 44.2 Å². The summed E-state index contributed by atoms with van der Waals surface area (Å²) in [6.07, 6.45) is 3.56. The highest BCUT2D eigenvalue weighted by Gasteiger charge is 2.17. The fourth-order valence-electron chi connectivity index (χ4n) is 4.83. The monoisotopic (exact) mass is 619 g/mol. The van der Waals surface area contributed by atoms with Crippen molar-refractivity contribution in [3.63, 3.8) is 0 Å². The second-order valence-electron chi connectivity index (χ2n) is 10.3. The van der Waals surface area contributed by atoms with Gasteiger partial charge in [0, 0.05) is 30.8 Å². The molecule has 4 aromatic rings. The minimum Gasteiger partial charge on any atom is -0.495 e. The summed E-state index contributed by atoms with van der Waals surface area (Å²) >= 11 is 0. The molecule has 0 saturated heterocycles. The molecule has 10 nitrogen and oxygen atoms in total. The second kappa shape index (κ2) is 15.5. The van der Waals surface area contributed by atoms with Crippen LogP contribution in [0.3, 0.4) is 0 Å². The number of nitrogens with zero attached hydrogens (tertiary/aromatic N) is 2. The summed E-state index contributed by atoms with van der Waals surface area (Å²) < 4.78 is 36.1. The van der Waals surface area contributed by atoms with Crippen molar-refractivity contribution in [1.29, 1.82) is 0 Å². The number of nitrogens with two attached hydrogens (primary N) is 1. The number of carbonyl (C=O) groups excluding carboxylic acids is 1. The van der Waals surface area contributed by atoms with Crippen LogP contribution in [-0.4, -0.2) is 69.8 Å². The van der Waals surface area contributed by atoms with Crippen LogP contribution >= 0.6 is 0 Å². The summed E-state index contributed by atoms with van der Waals surface area (Å²) in [6, 6.07) is 20.1.